The van der Waals surface area contributed by atoms with Crippen molar-refractivity contribution in [3.63, 3.8) is 0 Å². The summed E-state index contributed by atoms with van der Waals surface area (Å²) in [6.07, 6.45) is 0.287. The van der Waals surface area contributed by atoms with Gasteiger partial charge in [-0.1, -0.05) is 23.7 Å². The zero-order valence-corrected chi connectivity index (χ0v) is 16.4. The first kappa shape index (κ1) is 18.8. The summed E-state index contributed by atoms with van der Waals surface area (Å²) in [6, 6.07) is 7.19. The number of aliphatic imine (C=N–C) groups is 1. The zero-order chi connectivity index (χ0) is 18.9. The number of nitrogens with zero attached hydrogens (tertiary/aromatic N) is 2. The number of carbonyl (C=O) groups excluding carboxylic acids is 2. The second kappa shape index (κ2) is 7.32. The van der Waals surface area contributed by atoms with Gasteiger partial charge in [0.25, 0.3) is 5.91 Å². The van der Waals surface area contributed by atoms with Crippen LogP contribution in [0.4, 0.5) is 10.5 Å². The molecule has 8 heteroatoms. The molecule has 2 heterocycles. The molecule has 1 aromatic carbocycles. The molecule has 6 nitrogen and oxygen atoms in total. The number of para-hydroxylation sites is 1. The van der Waals surface area contributed by atoms with Crippen LogP contribution in [0.15, 0.2) is 39.7 Å². The summed E-state index contributed by atoms with van der Waals surface area (Å²) in [5.41, 5.74) is 0.981. The van der Waals surface area contributed by atoms with Gasteiger partial charge in [-0.15, -0.1) is 0 Å². The molecular weight excluding hydrogens is 374 g/mol. The zero-order valence-electron chi connectivity index (χ0n) is 14.8. The van der Waals surface area contributed by atoms with E-state index in [1.807, 2.05) is 32.9 Å². The lowest BCUT2D eigenvalue weighted by Crippen LogP contribution is -2.35. The molecule has 0 spiro atoms. The van der Waals surface area contributed by atoms with Crippen LogP contribution in [0.1, 0.15) is 27.2 Å². The average molecular weight is 394 g/mol. The maximum absolute atomic E-state index is 12.3. The Morgan fingerprint density at radius 3 is 2.77 bits per heavy atom. The Morgan fingerprint density at radius 1 is 1.35 bits per heavy atom. The smallest absolute Gasteiger partial charge is 0.410 e. The highest BCUT2D eigenvalue weighted by molar-refractivity contribution is 8.18. The number of amides is 2. The van der Waals surface area contributed by atoms with Gasteiger partial charge in [-0.25, -0.2) is 9.79 Å². The number of likely N-dealkylation sites (tertiary alicyclic amines) is 1. The third-order valence-corrected chi connectivity index (χ3v) is 5.12. The second-order valence-electron chi connectivity index (χ2n) is 7.01. The van der Waals surface area contributed by atoms with E-state index in [4.69, 9.17) is 16.3 Å². The minimum absolute atomic E-state index is 0.193. The molecule has 2 aliphatic rings. The Labute approximate surface area is 161 Å². The first-order valence-electron chi connectivity index (χ1n) is 8.25. The molecule has 2 saturated heterocycles. The highest BCUT2D eigenvalue weighted by atomic mass is 35.5. The van der Waals surface area contributed by atoms with Crippen molar-refractivity contribution in [3.05, 3.63) is 39.8 Å². The van der Waals surface area contributed by atoms with Crippen LogP contribution in [-0.2, 0) is 9.53 Å². The van der Waals surface area contributed by atoms with Gasteiger partial charge in [-0.05, 0) is 56.7 Å². The van der Waals surface area contributed by atoms with Crippen LogP contribution in [0.25, 0.3) is 0 Å². The average Bonchev–Trinajstić information content (AvgIpc) is 3.14. The van der Waals surface area contributed by atoms with E-state index < -0.39 is 5.60 Å². The molecule has 26 heavy (non-hydrogen) atoms. The fraction of sp³-hybridized carbons (Fsp3) is 0.389. The van der Waals surface area contributed by atoms with Crippen molar-refractivity contribution >= 4 is 46.2 Å². The fourth-order valence-corrected chi connectivity index (χ4v) is 3.70. The largest absolute Gasteiger partial charge is 0.444 e. The number of hydrogen-bond acceptors (Lipinski definition) is 5. The van der Waals surface area contributed by atoms with E-state index in [-0.39, 0.29) is 12.0 Å². The first-order chi connectivity index (χ1) is 12.2. The summed E-state index contributed by atoms with van der Waals surface area (Å²) in [7, 11) is 0. The van der Waals surface area contributed by atoms with E-state index in [1.165, 1.54) is 11.8 Å². The summed E-state index contributed by atoms with van der Waals surface area (Å²) >= 11 is 7.39. The Balaban J connectivity index is 1.73. The van der Waals surface area contributed by atoms with Crippen molar-refractivity contribution in [2.45, 2.75) is 32.8 Å². The van der Waals surface area contributed by atoms with E-state index in [0.29, 0.717) is 40.3 Å². The number of halogens is 1. The van der Waals surface area contributed by atoms with E-state index in [0.717, 1.165) is 5.57 Å². The van der Waals surface area contributed by atoms with Crippen molar-refractivity contribution in [1.82, 2.24) is 10.2 Å². The van der Waals surface area contributed by atoms with Gasteiger partial charge in [0, 0.05) is 13.1 Å². The molecule has 2 aliphatic heterocycles. The molecule has 0 atom stereocenters. The molecule has 138 valence electrons. The lowest BCUT2D eigenvalue weighted by Gasteiger charge is -2.23. The quantitative estimate of drug-likeness (QED) is 0.729. The number of thioether (sulfide) groups is 1. The first-order valence-corrected chi connectivity index (χ1v) is 9.45. The summed E-state index contributed by atoms with van der Waals surface area (Å²) < 4.78 is 5.39. The lowest BCUT2D eigenvalue weighted by molar-refractivity contribution is -0.115. The van der Waals surface area contributed by atoms with Crippen LogP contribution in [-0.4, -0.2) is 40.8 Å². The topological polar surface area (TPSA) is 71.0 Å². The van der Waals surface area contributed by atoms with Gasteiger partial charge >= 0.3 is 6.09 Å². The second-order valence-corrected chi connectivity index (χ2v) is 8.42. The minimum atomic E-state index is -0.540. The molecule has 0 unspecified atom stereocenters. The Kier molecular flexibility index (Phi) is 5.29. The SMILES string of the molecule is CC(C)(C)OC(=O)N1CC/C(=C2\SC(=Nc3ccccc3Cl)NC2=O)C1. The van der Waals surface area contributed by atoms with Gasteiger partial charge < -0.3 is 15.0 Å². The van der Waals surface area contributed by atoms with E-state index in [9.17, 15) is 9.59 Å². The van der Waals surface area contributed by atoms with Gasteiger partial charge in [-0.3, -0.25) is 4.79 Å². The number of hydrogen-bond donors (Lipinski definition) is 1. The molecule has 0 aliphatic carbocycles. The maximum atomic E-state index is 12.3. The van der Waals surface area contributed by atoms with Crippen LogP contribution < -0.4 is 5.32 Å². The molecule has 0 radical (unpaired) electrons. The molecule has 1 N–H and O–H groups in total. The van der Waals surface area contributed by atoms with Crippen LogP contribution >= 0.6 is 23.4 Å². The van der Waals surface area contributed by atoms with Crippen molar-refractivity contribution in [2.75, 3.05) is 13.1 Å². The summed E-state index contributed by atoms with van der Waals surface area (Å²) in [5, 5.41) is 3.77. The van der Waals surface area contributed by atoms with Crippen LogP contribution in [0.5, 0.6) is 0 Å². The number of benzene rings is 1. The lowest BCUT2D eigenvalue weighted by atomic mass is 10.2. The van der Waals surface area contributed by atoms with Crippen LogP contribution in [0, 0.1) is 0 Å². The fourth-order valence-electron chi connectivity index (χ4n) is 2.58. The van der Waals surface area contributed by atoms with Crippen molar-refractivity contribution in [2.24, 2.45) is 4.99 Å². The van der Waals surface area contributed by atoms with Crippen molar-refractivity contribution < 1.29 is 14.3 Å². The Hall–Kier alpha value is -1.99. The Morgan fingerprint density at radius 2 is 2.08 bits per heavy atom. The number of ether oxygens (including phenoxy) is 1. The number of nitrogens with one attached hydrogen (secondary N) is 1. The minimum Gasteiger partial charge on any atom is -0.444 e. The molecule has 0 bridgehead atoms. The molecule has 3 rings (SSSR count). The van der Waals surface area contributed by atoms with Gasteiger partial charge in [0.15, 0.2) is 5.17 Å². The maximum Gasteiger partial charge on any atom is 0.410 e. The van der Waals surface area contributed by atoms with E-state index in [2.05, 4.69) is 10.3 Å². The van der Waals surface area contributed by atoms with E-state index >= 15 is 0 Å². The molecule has 2 fully saturated rings. The van der Waals surface area contributed by atoms with Gasteiger partial charge in [0.1, 0.15) is 5.60 Å². The molecule has 1 aromatic rings. The third kappa shape index (κ3) is 4.40. The monoisotopic (exact) mass is 393 g/mol. The van der Waals surface area contributed by atoms with Gasteiger partial charge in [-0.2, -0.15) is 0 Å². The van der Waals surface area contributed by atoms with Crippen molar-refractivity contribution in [1.29, 1.82) is 0 Å². The molecule has 2 amide bonds. The third-order valence-electron chi connectivity index (χ3n) is 3.74. The number of carbonyl (C=O) groups is 2. The summed E-state index contributed by atoms with van der Waals surface area (Å²) in [6.45, 7) is 6.43. The van der Waals surface area contributed by atoms with Gasteiger partial charge in [0.2, 0.25) is 0 Å². The highest BCUT2D eigenvalue weighted by Crippen LogP contribution is 2.34. The highest BCUT2D eigenvalue weighted by Gasteiger charge is 2.33. The number of amidine groups is 1. The molecule has 0 aromatic heterocycles. The summed E-state index contributed by atoms with van der Waals surface area (Å²) in [4.78, 5) is 31.1. The molecular formula is C18H20ClN3O3S. The van der Waals surface area contributed by atoms with Crippen LogP contribution in [0.2, 0.25) is 5.02 Å². The predicted molar refractivity (Wildman–Crippen MR) is 104 cm³/mol. The normalized spacial score (nSPS) is 22.1. The Bertz CT molecular complexity index is 814. The number of rotatable bonds is 1. The molecule has 0 saturated carbocycles. The van der Waals surface area contributed by atoms with E-state index in [1.54, 1.807) is 17.0 Å². The van der Waals surface area contributed by atoms with Gasteiger partial charge in [0.05, 0.1) is 15.6 Å². The standard InChI is InChI=1S/C18H20ClN3O3S/c1-18(2,3)25-17(24)22-9-8-11(10-22)14-15(23)21-16(26-14)20-13-7-5-4-6-12(13)19/h4-7H,8-10H2,1-3H3,(H,20,21,23)/b14-11+. The summed E-state index contributed by atoms with van der Waals surface area (Å²) in [5.74, 6) is -0.193. The predicted octanol–water partition coefficient (Wildman–Crippen LogP) is 4.09. The van der Waals surface area contributed by atoms with Crippen LogP contribution in [0.3, 0.4) is 0 Å². The van der Waals surface area contributed by atoms with Crippen molar-refractivity contribution in [3.8, 4) is 0 Å².